The first kappa shape index (κ1) is 12.4. The molecule has 0 aliphatic carbocycles. The number of pyridine rings is 1. The molecule has 0 radical (unpaired) electrons. The number of hydrogen-bond acceptors (Lipinski definition) is 4. The maximum absolute atomic E-state index is 12.0. The van der Waals surface area contributed by atoms with E-state index in [1.54, 1.807) is 36.8 Å². The predicted octanol–water partition coefficient (Wildman–Crippen LogP) is 2.13. The Kier molecular flexibility index (Phi) is 2.43. The average Bonchev–Trinajstić information content (AvgIpc) is 3.16. The molecule has 0 spiro atoms. The van der Waals surface area contributed by atoms with E-state index in [0.29, 0.717) is 10.9 Å². The predicted molar refractivity (Wildman–Crippen MR) is 78.0 cm³/mol. The van der Waals surface area contributed by atoms with Gasteiger partial charge in [-0.05, 0) is 23.8 Å². The quantitative estimate of drug-likeness (QED) is 0.590. The molecule has 0 aliphatic rings. The summed E-state index contributed by atoms with van der Waals surface area (Å²) < 4.78 is 6.41. The number of nitrogens with zero attached hydrogens (tertiary/aromatic N) is 2. The molecule has 3 aromatic heterocycles. The minimum absolute atomic E-state index is 0.0974. The monoisotopic (exact) mass is 295 g/mol. The molecular weight excluding hydrogens is 286 g/mol. The molecular formula is C15H9N3O4. The number of carboxylic acids is 1. The van der Waals surface area contributed by atoms with Crippen molar-refractivity contribution in [3.8, 4) is 11.1 Å². The second kappa shape index (κ2) is 4.32. The third kappa shape index (κ3) is 1.65. The van der Waals surface area contributed by atoms with Gasteiger partial charge in [-0.3, -0.25) is 0 Å². The number of carbonyl (C=O) groups is 1. The van der Waals surface area contributed by atoms with Gasteiger partial charge in [-0.15, -0.1) is 0 Å². The normalized spacial score (nSPS) is 11.3. The Bertz CT molecular complexity index is 1070. The number of nitrogens with one attached hydrogen (secondary N) is 1. The van der Waals surface area contributed by atoms with Crippen LogP contribution in [0.15, 0.2) is 52.1 Å². The molecule has 0 saturated heterocycles. The zero-order chi connectivity index (χ0) is 15.3. The number of aromatic nitrogens is 3. The zero-order valence-corrected chi connectivity index (χ0v) is 11.1. The van der Waals surface area contributed by atoms with Crippen LogP contribution >= 0.6 is 0 Å². The van der Waals surface area contributed by atoms with Crippen LogP contribution in [0.3, 0.4) is 0 Å². The fraction of sp³-hybridized carbons (Fsp3) is 0. The van der Waals surface area contributed by atoms with Crippen LogP contribution in [0.25, 0.3) is 27.7 Å². The summed E-state index contributed by atoms with van der Waals surface area (Å²) in [6.07, 6.45) is 3.13. The Labute approximate surface area is 122 Å². The second-order valence-electron chi connectivity index (χ2n) is 4.83. The molecule has 7 heteroatoms. The van der Waals surface area contributed by atoms with Crippen LogP contribution in [0, 0.1) is 0 Å². The van der Waals surface area contributed by atoms with Gasteiger partial charge in [-0.25, -0.2) is 19.1 Å². The summed E-state index contributed by atoms with van der Waals surface area (Å²) in [7, 11) is 0. The number of carboxylic acid groups (broad SMARTS) is 1. The Morgan fingerprint density at radius 1 is 1.23 bits per heavy atom. The van der Waals surface area contributed by atoms with Crippen LogP contribution in [0.4, 0.5) is 0 Å². The highest BCUT2D eigenvalue weighted by Crippen LogP contribution is 2.27. The summed E-state index contributed by atoms with van der Waals surface area (Å²) in [5.41, 5.74) is 2.08. The van der Waals surface area contributed by atoms with E-state index >= 15 is 0 Å². The molecule has 4 aromatic rings. The lowest BCUT2D eigenvalue weighted by molar-refractivity contribution is 0.0699. The van der Waals surface area contributed by atoms with Crippen molar-refractivity contribution in [2.75, 3.05) is 0 Å². The van der Waals surface area contributed by atoms with Crippen molar-refractivity contribution in [3.63, 3.8) is 0 Å². The maximum atomic E-state index is 12.0. The van der Waals surface area contributed by atoms with Gasteiger partial charge >= 0.3 is 11.7 Å². The van der Waals surface area contributed by atoms with Gasteiger partial charge < -0.3 is 9.52 Å². The third-order valence-electron chi connectivity index (χ3n) is 3.59. The smallest absolute Gasteiger partial charge is 0.348 e. The van der Waals surface area contributed by atoms with Crippen LogP contribution in [0.2, 0.25) is 0 Å². The van der Waals surface area contributed by atoms with Crippen molar-refractivity contribution in [1.82, 2.24) is 14.6 Å². The molecule has 0 unspecified atom stereocenters. The van der Waals surface area contributed by atoms with Gasteiger partial charge in [0.25, 0.3) is 0 Å². The summed E-state index contributed by atoms with van der Waals surface area (Å²) in [5, 5.41) is 16.0. The first-order valence-corrected chi connectivity index (χ1v) is 6.45. The molecule has 0 amide bonds. The molecule has 1 aromatic carbocycles. The second-order valence-corrected chi connectivity index (χ2v) is 4.83. The summed E-state index contributed by atoms with van der Waals surface area (Å²) >= 11 is 0. The molecule has 0 saturated carbocycles. The number of rotatable bonds is 2. The number of aromatic amines is 1. The third-order valence-corrected chi connectivity index (χ3v) is 3.59. The van der Waals surface area contributed by atoms with Gasteiger partial charge in [0.2, 0.25) is 0 Å². The van der Waals surface area contributed by atoms with E-state index in [0.717, 1.165) is 11.1 Å². The van der Waals surface area contributed by atoms with Crippen LogP contribution in [0.5, 0.6) is 0 Å². The van der Waals surface area contributed by atoms with E-state index in [2.05, 4.69) is 10.2 Å². The van der Waals surface area contributed by atoms with Gasteiger partial charge in [0.1, 0.15) is 0 Å². The van der Waals surface area contributed by atoms with E-state index < -0.39 is 11.7 Å². The topological polar surface area (TPSA) is 101 Å². The Balaban J connectivity index is 2.17. The van der Waals surface area contributed by atoms with Crippen LogP contribution in [-0.4, -0.2) is 25.7 Å². The summed E-state index contributed by atoms with van der Waals surface area (Å²) in [6.45, 7) is 0. The van der Waals surface area contributed by atoms with Gasteiger partial charge in [0.05, 0.1) is 23.6 Å². The Morgan fingerprint density at radius 2 is 2.09 bits per heavy atom. The molecule has 3 heterocycles. The number of benzene rings is 1. The van der Waals surface area contributed by atoms with Crippen molar-refractivity contribution < 1.29 is 14.3 Å². The van der Waals surface area contributed by atoms with Gasteiger partial charge in [-0.2, -0.15) is 5.10 Å². The fourth-order valence-corrected chi connectivity index (χ4v) is 2.58. The molecule has 2 N–H and O–H groups in total. The highest BCUT2D eigenvalue weighted by Gasteiger charge is 2.15. The molecule has 0 fully saturated rings. The molecule has 108 valence electrons. The van der Waals surface area contributed by atoms with Gasteiger partial charge in [0.15, 0.2) is 5.65 Å². The minimum atomic E-state index is -1.07. The molecule has 0 aliphatic heterocycles. The minimum Gasteiger partial charge on any atom is -0.478 e. The SMILES string of the molecule is O=C(O)c1cc2n[nH]c(=O)n2c2cc(-c3ccoc3)ccc12. The average molecular weight is 295 g/mol. The molecule has 4 rings (SSSR count). The van der Waals surface area contributed by atoms with E-state index in [-0.39, 0.29) is 11.2 Å². The van der Waals surface area contributed by atoms with E-state index in [4.69, 9.17) is 4.42 Å². The maximum Gasteiger partial charge on any atom is 0.348 e. The van der Waals surface area contributed by atoms with Crippen molar-refractivity contribution >= 4 is 22.5 Å². The summed E-state index contributed by atoms with van der Waals surface area (Å²) in [5.74, 6) is -1.07. The zero-order valence-electron chi connectivity index (χ0n) is 11.1. The van der Waals surface area contributed by atoms with Crippen molar-refractivity contribution in [2.45, 2.75) is 0 Å². The fourth-order valence-electron chi connectivity index (χ4n) is 2.58. The van der Waals surface area contributed by atoms with E-state index in [1.807, 2.05) is 0 Å². The number of aromatic carboxylic acids is 1. The number of H-pyrrole nitrogens is 1. The lowest BCUT2D eigenvalue weighted by Crippen LogP contribution is -2.11. The highest BCUT2D eigenvalue weighted by atomic mass is 16.4. The molecule has 0 atom stereocenters. The Hall–Kier alpha value is -3.35. The van der Waals surface area contributed by atoms with Crippen molar-refractivity contribution in [1.29, 1.82) is 0 Å². The number of furan rings is 1. The van der Waals surface area contributed by atoms with Gasteiger partial charge in [-0.1, -0.05) is 12.1 Å². The first-order chi connectivity index (χ1) is 10.6. The lowest BCUT2D eigenvalue weighted by Gasteiger charge is -2.07. The van der Waals surface area contributed by atoms with E-state index in [9.17, 15) is 14.7 Å². The summed E-state index contributed by atoms with van der Waals surface area (Å²) in [6, 6.07) is 8.38. The number of fused-ring (bicyclic) bond motifs is 3. The molecule has 22 heavy (non-hydrogen) atoms. The molecule has 0 bridgehead atoms. The number of hydrogen-bond donors (Lipinski definition) is 2. The first-order valence-electron chi connectivity index (χ1n) is 6.45. The molecule has 7 nitrogen and oxygen atoms in total. The van der Waals surface area contributed by atoms with E-state index in [1.165, 1.54) is 10.5 Å². The van der Waals surface area contributed by atoms with Gasteiger partial charge in [0, 0.05) is 10.9 Å². The van der Waals surface area contributed by atoms with Crippen LogP contribution < -0.4 is 5.69 Å². The standard InChI is InChI=1S/C15H9N3O4/c19-14(20)11-6-13-16-17-15(21)18(13)12-5-8(1-2-10(11)12)9-3-4-22-7-9/h1-7H,(H,17,21)(H,19,20). The van der Waals surface area contributed by atoms with Crippen LogP contribution in [-0.2, 0) is 0 Å². The highest BCUT2D eigenvalue weighted by molar-refractivity contribution is 6.04. The largest absolute Gasteiger partial charge is 0.478 e. The Morgan fingerprint density at radius 3 is 2.82 bits per heavy atom. The van der Waals surface area contributed by atoms with Crippen molar-refractivity contribution in [3.05, 3.63) is 58.9 Å². The van der Waals surface area contributed by atoms with Crippen LogP contribution in [0.1, 0.15) is 10.4 Å². The summed E-state index contributed by atoms with van der Waals surface area (Å²) in [4.78, 5) is 23.4. The lowest BCUT2D eigenvalue weighted by atomic mass is 10.0. The van der Waals surface area contributed by atoms with Crippen molar-refractivity contribution in [2.24, 2.45) is 0 Å².